The number of carboxylic acids is 2. The lowest BCUT2D eigenvalue weighted by Gasteiger charge is -2.07. The van der Waals surface area contributed by atoms with Crippen LogP contribution >= 0.6 is 0 Å². The lowest BCUT2D eigenvalue weighted by atomic mass is 9.98. The standard InChI is InChI=1S/C22H18O4/c1-13(21(23)24)9-15-3-7-19-17(11-15)5-6-18-12-16(4-8-20(18)19)10-14(2)22(25)26/h3-12H,1-2H3,(H,23,24)(H,25,26). The maximum atomic E-state index is 11.0. The monoisotopic (exact) mass is 346 g/mol. The van der Waals surface area contributed by atoms with Crippen LogP contribution in [-0.2, 0) is 9.59 Å². The average molecular weight is 346 g/mol. The van der Waals surface area contributed by atoms with E-state index in [0.29, 0.717) is 0 Å². The van der Waals surface area contributed by atoms with Gasteiger partial charge in [-0.1, -0.05) is 36.4 Å². The van der Waals surface area contributed by atoms with Gasteiger partial charge >= 0.3 is 11.9 Å². The summed E-state index contributed by atoms with van der Waals surface area (Å²) in [6.45, 7) is 3.14. The van der Waals surface area contributed by atoms with Crippen molar-refractivity contribution in [2.75, 3.05) is 0 Å². The van der Waals surface area contributed by atoms with Gasteiger partial charge in [0.1, 0.15) is 0 Å². The van der Waals surface area contributed by atoms with E-state index in [1.807, 2.05) is 48.5 Å². The number of benzene rings is 3. The minimum absolute atomic E-state index is 0.287. The SMILES string of the molecule is CC(=Cc1ccc2c(ccc3cc(C=C(C)C(=O)O)ccc32)c1)C(=O)O. The topological polar surface area (TPSA) is 74.6 Å². The first-order valence-corrected chi connectivity index (χ1v) is 8.15. The van der Waals surface area contributed by atoms with E-state index >= 15 is 0 Å². The van der Waals surface area contributed by atoms with Crippen LogP contribution in [0.1, 0.15) is 25.0 Å². The molecule has 4 nitrogen and oxygen atoms in total. The molecule has 0 heterocycles. The van der Waals surface area contributed by atoms with Crippen molar-refractivity contribution in [3.8, 4) is 0 Å². The lowest BCUT2D eigenvalue weighted by Crippen LogP contribution is -1.95. The molecule has 4 heteroatoms. The second kappa shape index (κ2) is 6.84. The van der Waals surface area contributed by atoms with Crippen molar-refractivity contribution >= 4 is 45.6 Å². The van der Waals surface area contributed by atoms with E-state index in [1.165, 1.54) is 0 Å². The second-order valence-electron chi connectivity index (χ2n) is 6.29. The normalized spacial score (nSPS) is 12.5. The fraction of sp³-hybridized carbons (Fsp3) is 0.0909. The van der Waals surface area contributed by atoms with Crippen molar-refractivity contribution in [2.24, 2.45) is 0 Å². The third-order valence-corrected chi connectivity index (χ3v) is 4.32. The van der Waals surface area contributed by atoms with Gasteiger partial charge < -0.3 is 10.2 Å². The minimum atomic E-state index is -0.930. The molecular weight excluding hydrogens is 328 g/mol. The van der Waals surface area contributed by atoms with Crippen molar-refractivity contribution in [3.05, 3.63) is 70.8 Å². The highest BCUT2D eigenvalue weighted by atomic mass is 16.4. The zero-order chi connectivity index (χ0) is 18.8. The first-order chi connectivity index (χ1) is 12.3. The molecular formula is C22H18O4. The van der Waals surface area contributed by atoms with Gasteiger partial charge in [-0.25, -0.2) is 9.59 Å². The van der Waals surface area contributed by atoms with Crippen LogP contribution in [-0.4, -0.2) is 22.2 Å². The van der Waals surface area contributed by atoms with Crippen LogP contribution in [0.15, 0.2) is 59.7 Å². The van der Waals surface area contributed by atoms with Gasteiger partial charge in [0.2, 0.25) is 0 Å². The molecule has 130 valence electrons. The Morgan fingerprint density at radius 2 is 1.08 bits per heavy atom. The highest BCUT2D eigenvalue weighted by molar-refractivity contribution is 6.08. The number of aliphatic carboxylic acids is 2. The number of carboxylic acid groups (broad SMARTS) is 2. The molecule has 0 aliphatic rings. The molecule has 0 atom stereocenters. The Morgan fingerprint density at radius 3 is 1.42 bits per heavy atom. The molecule has 26 heavy (non-hydrogen) atoms. The predicted molar refractivity (Wildman–Crippen MR) is 104 cm³/mol. The molecule has 0 amide bonds. The highest BCUT2D eigenvalue weighted by Gasteiger charge is 2.05. The lowest BCUT2D eigenvalue weighted by molar-refractivity contribution is -0.133. The summed E-state index contributed by atoms with van der Waals surface area (Å²) in [4.78, 5) is 22.0. The summed E-state index contributed by atoms with van der Waals surface area (Å²) in [5.74, 6) is -1.86. The van der Waals surface area contributed by atoms with Gasteiger partial charge in [-0.2, -0.15) is 0 Å². The van der Waals surface area contributed by atoms with Gasteiger partial charge in [0, 0.05) is 11.1 Å². The van der Waals surface area contributed by atoms with Crippen LogP contribution < -0.4 is 0 Å². The second-order valence-corrected chi connectivity index (χ2v) is 6.29. The van der Waals surface area contributed by atoms with E-state index in [2.05, 4.69) is 0 Å². The summed E-state index contributed by atoms with van der Waals surface area (Å²) in [5, 5.41) is 22.2. The molecule has 0 saturated carbocycles. The van der Waals surface area contributed by atoms with Crippen LogP contribution in [0.2, 0.25) is 0 Å². The summed E-state index contributed by atoms with van der Waals surface area (Å²) in [7, 11) is 0. The van der Waals surface area contributed by atoms with E-state index < -0.39 is 11.9 Å². The maximum Gasteiger partial charge on any atom is 0.331 e. The van der Waals surface area contributed by atoms with Crippen molar-refractivity contribution in [1.29, 1.82) is 0 Å². The van der Waals surface area contributed by atoms with Gasteiger partial charge in [-0.3, -0.25) is 0 Å². The van der Waals surface area contributed by atoms with Crippen molar-refractivity contribution < 1.29 is 19.8 Å². The summed E-state index contributed by atoms with van der Waals surface area (Å²) < 4.78 is 0. The van der Waals surface area contributed by atoms with E-state index in [-0.39, 0.29) is 11.1 Å². The average Bonchev–Trinajstić information content (AvgIpc) is 2.61. The first-order valence-electron chi connectivity index (χ1n) is 8.15. The number of carbonyl (C=O) groups is 2. The molecule has 0 fully saturated rings. The Hall–Kier alpha value is -3.40. The van der Waals surface area contributed by atoms with Crippen LogP contribution in [0.3, 0.4) is 0 Å². The molecule has 0 radical (unpaired) electrons. The molecule has 0 aromatic heterocycles. The Kier molecular flexibility index (Phi) is 4.59. The quantitative estimate of drug-likeness (QED) is 0.517. The third kappa shape index (κ3) is 3.49. The number of rotatable bonds is 4. The zero-order valence-corrected chi connectivity index (χ0v) is 14.5. The minimum Gasteiger partial charge on any atom is -0.478 e. The Balaban J connectivity index is 2.09. The molecule has 2 N–H and O–H groups in total. The van der Waals surface area contributed by atoms with E-state index in [0.717, 1.165) is 32.7 Å². The predicted octanol–water partition coefficient (Wildman–Crippen LogP) is 4.97. The molecule has 0 spiro atoms. The summed E-state index contributed by atoms with van der Waals surface area (Å²) in [6.07, 6.45) is 3.29. The van der Waals surface area contributed by atoms with Gasteiger partial charge in [-0.15, -0.1) is 0 Å². The van der Waals surface area contributed by atoms with Crippen LogP contribution in [0.25, 0.3) is 33.7 Å². The Bertz CT molecular complexity index is 1020. The first kappa shape index (κ1) is 17.4. The fourth-order valence-corrected chi connectivity index (χ4v) is 2.91. The van der Waals surface area contributed by atoms with Crippen LogP contribution in [0, 0.1) is 0 Å². The van der Waals surface area contributed by atoms with Crippen molar-refractivity contribution in [2.45, 2.75) is 13.8 Å². The van der Waals surface area contributed by atoms with Crippen LogP contribution in [0.4, 0.5) is 0 Å². The summed E-state index contributed by atoms with van der Waals surface area (Å²) >= 11 is 0. The number of fused-ring (bicyclic) bond motifs is 3. The van der Waals surface area contributed by atoms with Gasteiger partial charge in [0.15, 0.2) is 0 Å². The summed E-state index contributed by atoms with van der Waals surface area (Å²) in [5.41, 5.74) is 2.26. The van der Waals surface area contributed by atoms with E-state index in [9.17, 15) is 9.59 Å². The molecule has 3 aromatic rings. The largest absolute Gasteiger partial charge is 0.478 e. The molecule has 3 aromatic carbocycles. The third-order valence-electron chi connectivity index (χ3n) is 4.32. The molecule has 0 bridgehead atoms. The van der Waals surface area contributed by atoms with Crippen LogP contribution in [0.5, 0.6) is 0 Å². The fourth-order valence-electron chi connectivity index (χ4n) is 2.91. The van der Waals surface area contributed by atoms with Crippen molar-refractivity contribution in [3.63, 3.8) is 0 Å². The van der Waals surface area contributed by atoms with Gasteiger partial charge in [0.25, 0.3) is 0 Å². The van der Waals surface area contributed by atoms with E-state index in [1.54, 1.807) is 26.0 Å². The molecule has 3 rings (SSSR count). The maximum absolute atomic E-state index is 11.0. The zero-order valence-electron chi connectivity index (χ0n) is 14.5. The molecule has 0 aliphatic heterocycles. The molecule has 0 aliphatic carbocycles. The van der Waals surface area contributed by atoms with E-state index in [4.69, 9.17) is 10.2 Å². The molecule has 0 unspecified atom stereocenters. The Labute approximate surface area is 150 Å². The van der Waals surface area contributed by atoms with Gasteiger partial charge in [0.05, 0.1) is 0 Å². The highest BCUT2D eigenvalue weighted by Crippen LogP contribution is 2.28. The number of hydrogen-bond acceptors (Lipinski definition) is 2. The van der Waals surface area contributed by atoms with Gasteiger partial charge in [-0.05, 0) is 70.8 Å². The Morgan fingerprint density at radius 1 is 0.692 bits per heavy atom. The summed E-state index contributed by atoms with van der Waals surface area (Å²) in [6, 6.07) is 15.7. The van der Waals surface area contributed by atoms with Crippen molar-refractivity contribution in [1.82, 2.24) is 0 Å². The molecule has 0 saturated heterocycles. The number of hydrogen-bond donors (Lipinski definition) is 2. The smallest absolute Gasteiger partial charge is 0.331 e.